The molecule has 0 unspecified atom stereocenters. The fourth-order valence-electron chi connectivity index (χ4n) is 11.2. The molecule has 84 heavy (non-hydrogen) atoms. The molecular weight excluding hydrogens is 1050 g/mol. The van der Waals surface area contributed by atoms with Crippen LogP contribution in [0.25, 0.3) is 130 Å². The molecule has 0 atom stereocenters. The van der Waals surface area contributed by atoms with E-state index in [1.54, 1.807) is 146 Å². The van der Waals surface area contributed by atoms with Gasteiger partial charge in [-0.25, -0.2) is 19.4 Å². The Hall–Kier alpha value is -13.0. The van der Waals surface area contributed by atoms with Crippen LogP contribution in [-0.2, 0) is 6.18 Å². The minimum atomic E-state index is -5.18. The first-order valence-corrected chi connectivity index (χ1v) is 25.4. The summed E-state index contributed by atoms with van der Waals surface area (Å²) in [6.07, 6.45) is -5.18. The number of rotatable bonds is 7. The lowest BCUT2D eigenvalue weighted by Gasteiger charge is -2.23. The summed E-state index contributed by atoms with van der Waals surface area (Å²) in [5.74, 6) is 0. The van der Waals surface area contributed by atoms with Crippen molar-refractivity contribution < 1.29 is 13.2 Å². The molecule has 0 aliphatic heterocycles. The fourth-order valence-corrected chi connectivity index (χ4v) is 11.2. The summed E-state index contributed by atoms with van der Waals surface area (Å²) < 4.78 is 55.5. The number of nitrogens with zero attached hydrogens (tertiary/aromatic N) is 11. The quantitative estimate of drug-likeness (QED) is 0.146. The molecule has 0 saturated carbocycles. The van der Waals surface area contributed by atoms with Crippen LogP contribution < -0.4 is 0 Å². The van der Waals surface area contributed by atoms with E-state index in [4.69, 9.17) is 26.3 Å². The molecule has 2 heterocycles. The Bertz CT molecular complexity index is 4760. The Labute approximate surface area is 477 Å². The van der Waals surface area contributed by atoms with Gasteiger partial charge >= 0.3 is 6.18 Å². The molecule has 11 nitrogen and oxygen atoms in total. The molecule has 0 N–H and O–H groups in total. The Kier molecular flexibility index (Phi) is 12.5. The molecule has 12 aromatic rings. The monoisotopic (exact) mass is 1080 g/mol. The zero-order chi connectivity index (χ0) is 58.6. The summed E-state index contributed by atoms with van der Waals surface area (Å²) in [6, 6.07) is 59.5. The number of benzene rings is 10. The van der Waals surface area contributed by atoms with Crippen molar-refractivity contribution in [3.8, 4) is 97.4 Å². The van der Waals surface area contributed by atoms with Crippen molar-refractivity contribution in [2.45, 2.75) is 6.18 Å². The highest BCUT2D eigenvalue weighted by Crippen LogP contribution is 2.49. The molecular formula is C70H30F3N11. The lowest BCUT2D eigenvalue weighted by atomic mass is 9.96. The predicted octanol–water partition coefficient (Wildman–Crippen LogP) is 18.8. The molecule has 0 spiro atoms. The van der Waals surface area contributed by atoms with Crippen molar-refractivity contribution in [3.63, 3.8) is 0 Å². The van der Waals surface area contributed by atoms with Crippen LogP contribution in [-0.4, -0.2) is 9.13 Å². The second-order valence-electron chi connectivity index (χ2n) is 19.5. The van der Waals surface area contributed by atoms with Crippen LogP contribution in [0, 0.1) is 82.9 Å². The summed E-state index contributed by atoms with van der Waals surface area (Å²) in [5.41, 5.74) is 5.27. The SMILES string of the molecule is [C-]#[N+]c1ccc(-c2ccc3c4ccc(-c5ccc(C#N)cc5C#N)cc4n(-c4cc(-c5cccc(C#N)c5)cc(-n5c6cc(-c7ccc(C#N)cc7[N+]#[C-])ccc6c6ccc(-c7ccc([N+]#[C-])cc7[N+]#[C-])cc65)c4C(F)(F)F)c3c2)c(C#N)c1. The number of nitriles is 5. The Morgan fingerprint density at radius 1 is 0.345 bits per heavy atom. The molecule has 386 valence electrons. The predicted molar refractivity (Wildman–Crippen MR) is 316 cm³/mol. The largest absolute Gasteiger partial charge is 0.420 e. The van der Waals surface area contributed by atoms with Gasteiger partial charge in [-0.2, -0.15) is 39.5 Å². The van der Waals surface area contributed by atoms with Crippen molar-refractivity contribution in [1.82, 2.24) is 9.13 Å². The lowest BCUT2D eigenvalue weighted by molar-refractivity contribution is -0.137. The second-order valence-corrected chi connectivity index (χ2v) is 19.5. The minimum absolute atomic E-state index is 0.141. The van der Waals surface area contributed by atoms with Gasteiger partial charge in [0.1, 0.15) is 5.56 Å². The van der Waals surface area contributed by atoms with Gasteiger partial charge in [0.2, 0.25) is 0 Å². The molecule has 0 aliphatic carbocycles. The van der Waals surface area contributed by atoms with E-state index in [1.807, 2.05) is 0 Å². The van der Waals surface area contributed by atoms with E-state index in [2.05, 4.69) is 49.7 Å². The number of fused-ring (bicyclic) bond motifs is 6. The van der Waals surface area contributed by atoms with Crippen molar-refractivity contribution in [3.05, 3.63) is 261 Å². The normalized spacial score (nSPS) is 10.9. The van der Waals surface area contributed by atoms with Crippen LogP contribution in [0.15, 0.2) is 182 Å². The van der Waals surface area contributed by atoms with Crippen LogP contribution in [0.1, 0.15) is 33.4 Å². The summed E-state index contributed by atoms with van der Waals surface area (Å²) in [4.78, 5) is 14.5. The van der Waals surface area contributed by atoms with Gasteiger partial charge in [-0.05, 0) is 134 Å². The highest BCUT2D eigenvalue weighted by atomic mass is 19.4. The average molecular weight is 1080 g/mol. The smallest absolute Gasteiger partial charge is 0.308 e. The summed E-state index contributed by atoms with van der Waals surface area (Å²) in [6.45, 7) is 31.5. The van der Waals surface area contributed by atoms with Crippen molar-refractivity contribution in [1.29, 1.82) is 26.3 Å². The molecule has 10 aromatic carbocycles. The summed E-state index contributed by atoms with van der Waals surface area (Å²) in [7, 11) is 0. The molecule has 0 saturated heterocycles. The van der Waals surface area contributed by atoms with Gasteiger partial charge in [0, 0.05) is 32.7 Å². The first kappa shape index (κ1) is 51.7. The standard InChI is InChI=1S/C70H30F3N11/c1-79-51-14-22-54(50(27-51)39-78)45-11-19-58-57-18-10-44(53-16-8-41(36-75)25-49(53)38-77)28-63(57)83(64(58)29-45)67-32-48(43-7-5-6-40(24-43)35-74)33-68(69(67)70(71,72)73)84-65-30-46(55-17-9-42(37-76)26-61(55)81-3)12-20-59(65)60-21-13-47(31-66(60)84)56-23-15-52(80-2)34-62(56)82-4/h5-34H. The van der Waals surface area contributed by atoms with Crippen molar-refractivity contribution in [2.75, 3.05) is 0 Å². The van der Waals surface area contributed by atoms with Gasteiger partial charge in [0.05, 0.1) is 107 Å². The van der Waals surface area contributed by atoms with E-state index in [0.717, 1.165) is 0 Å². The highest BCUT2D eigenvalue weighted by molar-refractivity contribution is 6.14. The van der Waals surface area contributed by atoms with Crippen LogP contribution in [0.2, 0.25) is 0 Å². The number of alkyl halides is 3. The number of hydrogen-bond donors (Lipinski definition) is 0. The molecule has 2 aromatic heterocycles. The third-order valence-electron chi connectivity index (χ3n) is 15.0. The maximum atomic E-state index is 17.5. The molecule has 0 amide bonds. The van der Waals surface area contributed by atoms with Crippen LogP contribution in [0.3, 0.4) is 0 Å². The Balaban J connectivity index is 1.28. The molecule has 0 radical (unpaired) electrons. The van der Waals surface area contributed by atoms with E-state index < -0.39 is 11.7 Å². The maximum absolute atomic E-state index is 17.5. The van der Waals surface area contributed by atoms with Crippen LogP contribution >= 0.6 is 0 Å². The van der Waals surface area contributed by atoms with Gasteiger partial charge in [-0.1, -0.05) is 103 Å². The van der Waals surface area contributed by atoms with Crippen molar-refractivity contribution >= 4 is 66.4 Å². The fraction of sp³-hybridized carbons (Fsp3) is 0.0143. The van der Waals surface area contributed by atoms with E-state index in [1.165, 1.54) is 45.5 Å². The van der Waals surface area contributed by atoms with Gasteiger partial charge in [0.15, 0.2) is 22.7 Å². The third-order valence-corrected chi connectivity index (χ3v) is 15.0. The first-order chi connectivity index (χ1) is 40.8. The molecule has 14 heteroatoms. The zero-order valence-corrected chi connectivity index (χ0v) is 43.4. The van der Waals surface area contributed by atoms with E-state index in [0.29, 0.717) is 71.6 Å². The van der Waals surface area contributed by atoms with Gasteiger partial charge in [0.25, 0.3) is 0 Å². The molecule has 0 fully saturated rings. The lowest BCUT2D eigenvalue weighted by Crippen LogP contribution is -2.16. The Morgan fingerprint density at radius 3 is 1.20 bits per heavy atom. The topological polar surface area (TPSA) is 146 Å². The van der Waals surface area contributed by atoms with Gasteiger partial charge in [-0.3, -0.25) is 0 Å². The van der Waals surface area contributed by atoms with Gasteiger partial charge in [-0.15, -0.1) is 0 Å². The van der Waals surface area contributed by atoms with E-state index >= 15 is 13.2 Å². The highest BCUT2D eigenvalue weighted by Gasteiger charge is 2.40. The minimum Gasteiger partial charge on any atom is -0.308 e. The summed E-state index contributed by atoms with van der Waals surface area (Å²) in [5, 5.41) is 52.7. The Morgan fingerprint density at radius 2 is 0.750 bits per heavy atom. The average Bonchev–Trinajstić information content (AvgIpc) is 4.18. The van der Waals surface area contributed by atoms with E-state index in [-0.39, 0.29) is 89.6 Å². The molecule has 0 bridgehead atoms. The van der Waals surface area contributed by atoms with Gasteiger partial charge < -0.3 is 9.13 Å². The maximum Gasteiger partial charge on any atom is 0.420 e. The number of halogens is 3. The summed E-state index contributed by atoms with van der Waals surface area (Å²) >= 11 is 0. The molecule has 0 aliphatic rings. The third kappa shape index (κ3) is 8.57. The van der Waals surface area contributed by atoms with Crippen molar-refractivity contribution in [2.24, 2.45) is 0 Å². The van der Waals surface area contributed by atoms with Crippen LogP contribution in [0.5, 0.6) is 0 Å². The van der Waals surface area contributed by atoms with E-state index in [9.17, 15) is 26.3 Å². The van der Waals surface area contributed by atoms with Crippen LogP contribution in [0.4, 0.5) is 35.9 Å². The second kappa shape index (κ2) is 20.3. The number of hydrogen-bond acceptors (Lipinski definition) is 5. The molecule has 12 rings (SSSR count). The zero-order valence-electron chi connectivity index (χ0n) is 43.4. The first-order valence-electron chi connectivity index (χ1n) is 25.4. The number of aromatic nitrogens is 2.